The van der Waals surface area contributed by atoms with Crippen LogP contribution in [-0.4, -0.2) is 11.3 Å². The molecule has 1 fully saturated rings. The molecule has 0 aromatic heterocycles. The lowest BCUT2D eigenvalue weighted by Gasteiger charge is -2.25. The quantitative estimate of drug-likeness (QED) is 0.876. The van der Waals surface area contributed by atoms with E-state index in [1.165, 1.54) is 44.1 Å². The third-order valence-electron chi connectivity index (χ3n) is 3.63. The molecule has 0 spiro atoms. The Kier molecular flexibility index (Phi) is 5.87. The molecule has 0 amide bonds. The second-order valence-electron chi connectivity index (χ2n) is 5.13. The lowest BCUT2D eigenvalue weighted by atomic mass is 9.97. The van der Waals surface area contributed by atoms with Crippen LogP contribution in [0.5, 0.6) is 0 Å². The first-order valence-corrected chi connectivity index (χ1v) is 8.30. The highest BCUT2D eigenvalue weighted by Gasteiger charge is 2.19. The standard InChI is InChI=1S/C15H22ClNS/c16-13-9-7-12(8-10-13)11-18-15-6-4-2-1-3-5-14(15)17/h7-10,14-15H,1-6,11,17H2. The fourth-order valence-electron chi connectivity index (χ4n) is 2.47. The molecule has 0 aliphatic heterocycles. The van der Waals surface area contributed by atoms with Crippen molar-refractivity contribution in [3.05, 3.63) is 34.9 Å². The average Bonchev–Trinajstić information content (AvgIpc) is 2.36. The summed E-state index contributed by atoms with van der Waals surface area (Å²) in [5.74, 6) is 1.05. The summed E-state index contributed by atoms with van der Waals surface area (Å²) in [6.45, 7) is 0. The molecule has 2 atom stereocenters. The normalized spacial score (nSPS) is 25.4. The predicted octanol–water partition coefficient (Wildman–Crippen LogP) is 4.62. The van der Waals surface area contributed by atoms with Crippen molar-refractivity contribution in [2.75, 3.05) is 0 Å². The smallest absolute Gasteiger partial charge is 0.0406 e. The molecule has 0 heterocycles. The zero-order chi connectivity index (χ0) is 12.8. The molecule has 1 aromatic carbocycles. The van der Waals surface area contributed by atoms with Gasteiger partial charge in [0.25, 0.3) is 0 Å². The van der Waals surface area contributed by atoms with Gasteiger partial charge in [-0.25, -0.2) is 0 Å². The fourth-order valence-corrected chi connectivity index (χ4v) is 3.91. The van der Waals surface area contributed by atoms with E-state index < -0.39 is 0 Å². The molecule has 1 aliphatic carbocycles. The van der Waals surface area contributed by atoms with Gasteiger partial charge in [-0.2, -0.15) is 11.8 Å². The molecule has 100 valence electrons. The number of halogens is 1. The third kappa shape index (κ3) is 4.49. The van der Waals surface area contributed by atoms with Crippen LogP contribution in [0.4, 0.5) is 0 Å². The average molecular weight is 284 g/mol. The predicted molar refractivity (Wildman–Crippen MR) is 82.2 cm³/mol. The van der Waals surface area contributed by atoms with Gasteiger partial charge >= 0.3 is 0 Å². The fraction of sp³-hybridized carbons (Fsp3) is 0.600. The van der Waals surface area contributed by atoms with Crippen LogP contribution in [0.2, 0.25) is 5.02 Å². The molecule has 0 saturated heterocycles. The van der Waals surface area contributed by atoms with Crippen LogP contribution in [0.25, 0.3) is 0 Å². The van der Waals surface area contributed by atoms with E-state index in [2.05, 4.69) is 12.1 Å². The highest BCUT2D eigenvalue weighted by atomic mass is 35.5. The Morgan fingerprint density at radius 2 is 1.72 bits per heavy atom. The Bertz CT molecular complexity index is 352. The summed E-state index contributed by atoms with van der Waals surface area (Å²) in [6.07, 6.45) is 7.86. The van der Waals surface area contributed by atoms with E-state index >= 15 is 0 Å². The lowest BCUT2D eigenvalue weighted by molar-refractivity contribution is 0.463. The Morgan fingerprint density at radius 1 is 1.06 bits per heavy atom. The van der Waals surface area contributed by atoms with E-state index in [0.29, 0.717) is 11.3 Å². The molecule has 1 saturated carbocycles. The summed E-state index contributed by atoms with van der Waals surface area (Å²) in [4.78, 5) is 0. The summed E-state index contributed by atoms with van der Waals surface area (Å²) in [7, 11) is 0. The summed E-state index contributed by atoms with van der Waals surface area (Å²) in [5, 5.41) is 1.44. The highest BCUT2D eigenvalue weighted by molar-refractivity contribution is 7.99. The van der Waals surface area contributed by atoms with Crippen LogP contribution in [0.15, 0.2) is 24.3 Å². The summed E-state index contributed by atoms with van der Waals surface area (Å²) in [5.41, 5.74) is 7.64. The monoisotopic (exact) mass is 283 g/mol. The van der Waals surface area contributed by atoms with Crippen LogP contribution in [-0.2, 0) is 5.75 Å². The minimum atomic E-state index is 0.377. The Labute approximate surface area is 119 Å². The Balaban J connectivity index is 1.85. The van der Waals surface area contributed by atoms with Crippen molar-refractivity contribution in [1.29, 1.82) is 0 Å². The van der Waals surface area contributed by atoms with Gasteiger partial charge < -0.3 is 5.73 Å². The number of thioether (sulfide) groups is 1. The molecule has 0 bridgehead atoms. The van der Waals surface area contributed by atoms with E-state index in [1.54, 1.807) is 0 Å². The van der Waals surface area contributed by atoms with E-state index in [4.69, 9.17) is 17.3 Å². The number of nitrogens with two attached hydrogens (primary N) is 1. The van der Waals surface area contributed by atoms with Crippen molar-refractivity contribution in [2.45, 2.75) is 55.6 Å². The molecular formula is C15H22ClNS. The maximum absolute atomic E-state index is 6.29. The van der Waals surface area contributed by atoms with Gasteiger partial charge in [0.1, 0.15) is 0 Å². The van der Waals surface area contributed by atoms with E-state index in [-0.39, 0.29) is 0 Å². The largest absolute Gasteiger partial charge is 0.327 e. The van der Waals surface area contributed by atoms with Crippen LogP contribution in [0.1, 0.15) is 44.1 Å². The van der Waals surface area contributed by atoms with Gasteiger partial charge in [0.05, 0.1) is 0 Å². The number of benzene rings is 1. The maximum atomic E-state index is 6.29. The van der Waals surface area contributed by atoms with Crippen LogP contribution < -0.4 is 5.73 Å². The number of hydrogen-bond acceptors (Lipinski definition) is 2. The van der Waals surface area contributed by atoms with Crippen molar-refractivity contribution in [3.63, 3.8) is 0 Å². The molecule has 2 rings (SSSR count). The van der Waals surface area contributed by atoms with Gasteiger partial charge in [-0.1, -0.05) is 49.4 Å². The van der Waals surface area contributed by atoms with E-state index in [9.17, 15) is 0 Å². The topological polar surface area (TPSA) is 26.0 Å². The van der Waals surface area contributed by atoms with Crippen LogP contribution in [0, 0.1) is 0 Å². The third-order valence-corrected chi connectivity index (χ3v) is 5.40. The van der Waals surface area contributed by atoms with Crippen molar-refractivity contribution < 1.29 is 0 Å². The van der Waals surface area contributed by atoms with Gasteiger partial charge in [0, 0.05) is 22.1 Å². The van der Waals surface area contributed by atoms with Crippen molar-refractivity contribution in [1.82, 2.24) is 0 Å². The molecule has 3 heteroatoms. The number of rotatable bonds is 3. The maximum Gasteiger partial charge on any atom is 0.0406 e. The van der Waals surface area contributed by atoms with Crippen molar-refractivity contribution in [3.8, 4) is 0 Å². The molecule has 1 aliphatic rings. The molecule has 0 radical (unpaired) electrons. The second kappa shape index (κ2) is 7.42. The Morgan fingerprint density at radius 3 is 2.44 bits per heavy atom. The molecule has 2 unspecified atom stereocenters. The molecule has 1 aromatic rings. The van der Waals surface area contributed by atoms with Gasteiger partial charge in [0.2, 0.25) is 0 Å². The number of hydrogen-bond donors (Lipinski definition) is 1. The van der Waals surface area contributed by atoms with Crippen molar-refractivity contribution in [2.24, 2.45) is 5.73 Å². The minimum Gasteiger partial charge on any atom is -0.327 e. The molecule has 18 heavy (non-hydrogen) atoms. The molecular weight excluding hydrogens is 262 g/mol. The van der Waals surface area contributed by atoms with Crippen LogP contribution >= 0.6 is 23.4 Å². The Hall–Kier alpha value is -0.180. The summed E-state index contributed by atoms with van der Waals surface area (Å²) >= 11 is 7.92. The zero-order valence-corrected chi connectivity index (χ0v) is 12.3. The van der Waals surface area contributed by atoms with Crippen molar-refractivity contribution >= 4 is 23.4 Å². The van der Waals surface area contributed by atoms with Gasteiger partial charge in [-0.05, 0) is 30.5 Å². The van der Waals surface area contributed by atoms with Crippen LogP contribution in [0.3, 0.4) is 0 Å². The van der Waals surface area contributed by atoms with E-state index in [0.717, 1.165) is 10.8 Å². The van der Waals surface area contributed by atoms with Gasteiger partial charge in [-0.15, -0.1) is 0 Å². The zero-order valence-electron chi connectivity index (χ0n) is 10.8. The van der Waals surface area contributed by atoms with E-state index in [1.807, 2.05) is 23.9 Å². The summed E-state index contributed by atoms with van der Waals surface area (Å²) in [6, 6.07) is 8.54. The highest BCUT2D eigenvalue weighted by Crippen LogP contribution is 2.28. The van der Waals surface area contributed by atoms with Gasteiger partial charge in [-0.3, -0.25) is 0 Å². The SMILES string of the molecule is NC1CCCCCCC1SCc1ccc(Cl)cc1. The summed E-state index contributed by atoms with van der Waals surface area (Å²) < 4.78 is 0. The first-order valence-electron chi connectivity index (χ1n) is 6.87. The second-order valence-corrected chi connectivity index (χ2v) is 6.80. The minimum absolute atomic E-state index is 0.377. The first kappa shape index (κ1) is 14.2. The molecule has 2 N–H and O–H groups in total. The molecule has 1 nitrogen and oxygen atoms in total. The van der Waals surface area contributed by atoms with Gasteiger partial charge in [0.15, 0.2) is 0 Å². The first-order chi connectivity index (χ1) is 8.75. The lowest BCUT2D eigenvalue weighted by Crippen LogP contribution is -2.33.